The molecule has 5 heteroatoms. The molecule has 20 heavy (non-hydrogen) atoms. The van der Waals surface area contributed by atoms with E-state index in [0.717, 1.165) is 38.6 Å². The minimum absolute atomic E-state index is 0.704. The SMILES string of the molecule is CCc1nc(Cc2cccc(OC)c2)nc(NC)c1I. The molecule has 0 radical (unpaired) electrons. The number of nitrogens with zero attached hydrogens (tertiary/aromatic N) is 2. The first-order valence-electron chi connectivity index (χ1n) is 6.53. The van der Waals surface area contributed by atoms with Crippen molar-refractivity contribution < 1.29 is 4.74 Å². The minimum atomic E-state index is 0.704. The van der Waals surface area contributed by atoms with E-state index >= 15 is 0 Å². The summed E-state index contributed by atoms with van der Waals surface area (Å²) < 4.78 is 6.35. The Balaban J connectivity index is 2.32. The fraction of sp³-hybridized carbons (Fsp3) is 0.333. The van der Waals surface area contributed by atoms with Gasteiger partial charge in [-0.05, 0) is 46.7 Å². The maximum Gasteiger partial charge on any atom is 0.143 e. The number of methoxy groups -OCH3 is 1. The summed E-state index contributed by atoms with van der Waals surface area (Å²) in [5.74, 6) is 2.59. The molecule has 2 aromatic rings. The number of nitrogens with one attached hydrogen (secondary N) is 1. The van der Waals surface area contributed by atoms with Gasteiger partial charge < -0.3 is 10.1 Å². The molecule has 4 nitrogen and oxygen atoms in total. The first-order chi connectivity index (χ1) is 9.67. The quantitative estimate of drug-likeness (QED) is 0.806. The van der Waals surface area contributed by atoms with Crippen LogP contribution in [-0.2, 0) is 12.8 Å². The van der Waals surface area contributed by atoms with E-state index in [1.165, 1.54) is 0 Å². The molecule has 0 aliphatic heterocycles. The Bertz CT molecular complexity index is 576. The number of benzene rings is 1. The topological polar surface area (TPSA) is 47.0 Å². The summed E-state index contributed by atoms with van der Waals surface area (Å²) in [5, 5.41) is 3.14. The summed E-state index contributed by atoms with van der Waals surface area (Å²) in [6, 6.07) is 8.01. The third-order valence-electron chi connectivity index (χ3n) is 3.03. The molecule has 0 amide bonds. The van der Waals surface area contributed by atoms with Gasteiger partial charge in [0.05, 0.1) is 16.4 Å². The number of halogens is 1. The Labute approximate surface area is 133 Å². The second-order valence-corrected chi connectivity index (χ2v) is 5.46. The lowest BCUT2D eigenvalue weighted by Gasteiger charge is -2.10. The molecule has 0 unspecified atom stereocenters. The Kier molecular flexibility index (Phi) is 5.17. The van der Waals surface area contributed by atoms with Gasteiger partial charge in [-0.3, -0.25) is 0 Å². The standard InChI is InChI=1S/C15H18IN3O/c1-4-12-14(16)15(17-2)19-13(18-12)9-10-6-5-7-11(8-10)20-3/h5-8H,4,9H2,1-3H3,(H,17,18,19). The van der Waals surface area contributed by atoms with E-state index in [-0.39, 0.29) is 0 Å². The van der Waals surface area contributed by atoms with Gasteiger partial charge in [0.15, 0.2) is 0 Å². The smallest absolute Gasteiger partial charge is 0.143 e. The van der Waals surface area contributed by atoms with E-state index in [2.05, 4.69) is 50.9 Å². The molecule has 0 spiro atoms. The number of aryl methyl sites for hydroxylation is 1. The van der Waals surface area contributed by atoms with Crippen molar-refractivity contribution >= 4 is 28.4 Å². The third kappa shape index (κ3) is 3.39. The molecule has 2 rings (SSSR count). The highest BCUT2D eigenvalue weighted by Crippen LogP contribution is 2.21. The van der Waals surface area contributed by atoms with Crippen LogP contribution in [-0.4, -0.2) is 24.1 Å². The molecule has 0 aliphatic rings. The van der Waals surface area contributed by atoms with Crippen molar-refractivity contribution in [3.63, 3.8) is 0 Å². The molecule has 106 valence electrons. The summed E-state index contributed by atoms with van der Waals surface area (Å²) >= 11 is 2.29. The Morgan fingerprint density at radius 3 is 2.75 bits per heavy atom. The zero-order valence-corrected chi connectivity index (χ0v) is 14.1. The average molecular weight is 383 g/mol. The van der Waals surface area contributed by atoms with E-state index in [9.17, 15) is 0 Å². The Hall–Kier alpha value is -1.37. The number of hydrogen-bond acceptors (Lipinski definition) is 4. The minimum Gasteiger partial charge on any atom is -0.497 e. The number of anilines is 1. The first kappa shape index (κ1) is 15.0. The van der Waals surface area contributed by atoms with Crippen molar-refractivity contribution in [1.82, 2.24) is 9.97 Å². The zero-order valence-electron chi connectivity index (χ0n) is 11.9. The van der Waals surface area contributed by atoms with Gasteiger partial charge in [-0.15, -0.1) is 0 Å². The third-order valence-corrected chi connectivity index (χ3v) is 4.17. The monoisotopic (exact) mass is 383 g/mol. The van der Waals surface area contributed by atoms with Gasteiger partial charge in [0, 0.05) is 13.5 Å². The van der Waals surface area contributed by atoms with Crippen LogP contribution in [0.25, 0.3) is 0 Å². The van der Waals surface area contributed by atoms with Crippen LogP contribution in [0.15, 0.2) is 24.3 Å². The molecule has 0 atom stereocenters. The van der Waals surface area contributed by atoms with Crippen LogP contribution in [0.5, 0.6) is 5.75 Å². The lowest BCUT2D eigenvalue weighted by Crippen LogP contribution is -2.07. The average Bonchev–Trinajstić information content (AvgIpc) is 2.49. The van der Waals surface area contributed by atoms with Crippen LogP contribution in [0.2, 0.25) is 0 Å². The number of aromatic nitrogens is 2. The highest BCUT2D eigenvalue weighted by Gasteiger charge is 2.10. The predicted molar refractivity (Wildman–Crippen MR) is 89.5 cm³/mol. The molecule has 1 aromatic carbocycles. The van der Waals surface area contributed by atoms with Gasteiger partial charge in [0.1, 0.15) is 17.4 Å². The zero-order chi connectivity index (χ0) is 14.5. The van der Waals surface area contributed by atoms with Crippen molar-refractivity contribution in [2.45, 2.75) is 19.8 Å². The van der Waals surface area contributed by atoms with Crippen molar-refractivity contribution in [3.8, 4) is 5.75 Å². The van der Waals surface area contributed by atoms with Crippen molar-refractivity contribution in [3.05, 3.63) is 44.9 Å². The molecule has 0 fully saturated rings. The molecule has 0 aliphatic carbocycles. The second-order valence-electron chi connectivity index (χ2n) is 4.38. The second kappa shape index (κ2) is 6.88. The lowest BCUT2D eigenvalue weighted by atomic mass is 10.1. The van der Waals surface area contributed by atoms with Gasteiger partial charge in [0.2, 0.25) is 0 Å². The van der Waals surface area contributed by atoms with Crippen molar-refractivity contribution in [2.24, 2.45) is 0 Å². The molecule has 1 heterocycles. The van der Waals surface area contributed by atoms with Crippen molar-refractivity contribution in [2.75, 3.05) is 19.5 Å². The summed E-state index contributed by atoms with van der Waals surface area (Å²) in [4.78, 5) is 9.23. The Morgan fingerprint density at radius 1 is 1.30 bits per heavy atom. The van der Waals surface area contributed by atoms with E-state index in [1.807, 2.05) is 25.2 Å². The number of ether oxygens (including phenoxy) is 1. The van der Waals surface area contributed by atoms with Crippen LogP contribution in [0.4, 0.5) is 5.82 Å². The van der Waals surface area contributed by atoms with Crippen LogP contribution in [0.3, 0.4) is 0 Å². The summed E-state index contributed by atoms with van der Waals surface area (Å²) in [5.41, 5.74) is 2.23. The summed E-state index contributed by atoms with van der Waals surface area (Å²) in [7, 11) is 3.56. The van der Waals surface area contributed by atoms with Gasteiger partial charge in [-0.25, -0.2) is 9.97 Å². The van der Waals surface area contributed by atoms with E-state index < -0.39 is 0 Å². The molecular formula is C15H18IN3O. The maximum atomic E-state index is 5.25. The van der Waals surface area contributed by atoms with E-state index in [1.54, 1.807) is 7.11 Å². The fourth-order valence-electron chi connectivity index (χ4n) is 1.99. The molecular weight excluding hydrogens is 365 g/mol. The molecule has 1 N–H and O–H groups in total. The summed E-state index contributed by atoms with van der Waals surface area (Å²) in [6.45, 7) is 2.11. The molecule has 0 saturated heterocycles. The predicted octanol–water partition coefficient (Wildman–Crippen LogP) is 3.28. The van der Waals surface area contributed by atoms with E-state index in [4.69, 9.17) is 4.74 Å². The highest BCUT2D eigenvalue weighted by atomic mass is 127. The van der Waals surface area contributed by atoms with Gasteiger partial charge >= 0.3 is 0 Å². The molecule has 0 saturated carbocycles. The normalized spacial score (nSPS) is 10.4. The highest BCUT2D eigenvalue weighted by molar-refractivity contribution is 14.1. The Morgan fingerprint density at radius 2 is 2.10 bits per heavy atom. The van der Waals surface area contributed by atoms with Crippen LogP contribution in [0, 0.1) is 3.57 Å². The van der Waals surface area contributed by atoms with Crippen LogP contribution >= 0.6 is 22.6 Å². The fourth-order valence-corrected chi connectivity index (χ4v) is 2.88. The van der Waals surface area contributed by atoms with Crippen LogP contribution in [0.1, 0.15) is 24.0 Å². The number of hydrogen-bond donors (Lipinski definition) is 1. The lowest BCUT2D eigenvalue weighted by molar-refractivity contribution is 0.414. The van der Waals surface area contributed by atoms with Crippen molar-refractivity contribution in [1.29, 1.82) is 0 Å². The van der Waals surface area contributed by atoms with E-state index in [0.29, 0.717) is 6.42 Å². The maximum absolute atomic E-state index is 5.25. The first-order valence-corrected chi connectivity index (χ1v) is 7.61. The molecule has 0 bridgehead atoms. The summed E-state index contributed by atoms with van der Waals surface area (Å²) in [6.07, 6.45) is 1.61. The number of rotatable bonds is 5. The van der Waals surface area contributed by atoms with Gasteiger partial charge in [-0.2, -0.15) is 0 Å². The van der Waals surface area contributed by atoms with Gasteiger partial charge in [0.25, 0.3) is 0 Å². The molecule has 1 aromatic heterocycles. The van der Waals surface area contributed by atoms with Crippen LogP contribution < -0.4 is 10.1 Å². The largest absolute Gasteiger partial charge is 0.497 e. The van der Waals surface area contributed by atoms with Gasteiger partial charge in [-0.1, -0.05) is 19.1 Å².